The number of nitrogens with one attached hydrogen (secondary N) is 2. The van der Waals surface area contributed by atoms with E-state index in [9.17, 15) is 0 Å². The number of aromatic nitrogens is 2. The molecule has 1 heterocycles. The van der Waals surface area contributed by atoms with Gasteiger partial charge in [0.2, 0.25) is 0 Å². The van der Waals surface area contributed by atoms with E-state index in [1.165, 1.54) is 5.56 Å². The summed E-state index contributed by atoms with van der Waals surface area (Å²) in [7, 11) is 0. The second-order valence-electron chi connectivity index (χ2n) is 6.63. The maximum absolute atomic E-state index is 6.31. The van der Waals surface area contributed by atoms with Crippen LogP contribution in [-0.4, -0.2) is 14.9 Å². The fraction of sp³-hybridized carbons (Fsp3) is 0.238. The lowest BCUT2D eigenvalue weighted by molar-refractivity contribution is 0.659. The van der Waals surface area contributed by atoms with Crippen LogP contribution < -0.4 is 10.6 Å². The van der Waals surface area contributed by atoms with Crippen molar-refractivity contribution in [1.82, 2.24) is 15.1 Å². The lowest BCUT2D eigenvalue weighted by Gasteiger charge is -2.17. The minimum atomic E-state index is 0.0961. The Labute approximate surface area is 180 Å². The molecule has 1 atom stereocenters. The van der Waals surface area contributed by atoms with Gasteiger partial charge in [0, 0.05) is 15.6 Å². The smallest absolute Gasteiger partial charge is 0.171 e. The van der Waals surface area contributed by atoms with Crippen LogP contribution >= 0.6 is 35.4 Å². The van der Waals surface area contributed by atoms with Crippen molar-refractivity contribution in [2.45, 2.75) is 33.4 Å². The first-order chi connectivity index (χ1) is 13.4. The summed E-state index contributed by atoms with van der Waals surface area (Å²) in [5.74, 6) is 0. The molecule has 0 radical (unpaired) electrons. The van der Waals surface area contributed by atoms with Crippen molar-refractivity contribution in [2.24, 2.45) is 0 Å². The van der Waals surface area contributed by atoms with Gasteiger partial charge in [0.1, 0.15) is 0 Å². The zero-order valence-corrected chi connectivity index (χ0v) is 18.3. The zero-order valence-electron chi connectivity index (χ0n) is 16.0. The van der Waals surface area contributed by atoms with Crippen LogP contribution in [0, 0.1) is 13.8 Å². The Bertz CT molecular complexity index is 965. The predicted octanol–water partition coefficient (Wildman–Crippen LogP) is 5.90. The molecular weight excluding hydrogens is 411 g/mol. The van der Waals surface area contributed by atoms with Gasteiger partial charge in [-0.05, 0) is 50.7 Å². The van der Waals surface area contributed by atoms with Crippen LogP contribution in [0.1, 0.15) is 35.5 Å². The van der Waals surface area contributed by atoms with Crippen LogP contribution in [0.3, 0.4) is 0 Å². The first-order valence-electron chi connectivity index (χ1n) is 8.96. The van der Waals surface area contributed by atoms with Gasteiger partial charge in [-0.3, -0.25) is 4.68 Å². The number of aryl methyl sites for hydroxylation is 1. The lowest BCUT2D eigenvalue weighted by Crippen LogP contribution is -2.31. The van der Waals surface area contributed by atoms with Gasteiger partial charge in [0.05, 0.1) is 29.7 Å². The van der Waals surface area contributed by atoms with Gasteiger partial charge in [0.25, 0.3) is 0 Å². The standard InChI is InChI=1S/C21H22Cl2N4S/c1-13(16-8-5-4-6-9-16)24-21(28)25-20-14(2)26-27(15(20)3)12-17-18(22)10-7-11-19(17)23/h4-11,13H,12H2,1-3H3,(H2,24,25,28). The molecule has 0 bridgehead atoms. The van der Waals surface area contributed by atoms with Crippen LogP contribution in [0.2, 0.25) is 10.0 Å². The summed E-state index contributed by atoms with van der Waals surface area (Å²) < 4.78 is 1.88. The Morgan fingerprint density at radius 2 is 1.71 bits per heavy atom. The molecule has 0 saturated heterocycles. The zero-order chi connectivity index (χ0) is 20.3. The fourth-order valence-electron chi connectivity index (χ4n) is 3.04. The molecule has 28 heavy (non-hydrogen) atoms. The third-order valence-electron chi connectivity index (χ3n) is 4.64. The molecule has 4 nitrogen and oxygen atoms in total. The van der Waals surface area contributed by atoms with E-state index in [-0.39, 0.29) is 6.04 Å². The molecule has 146 valence electrons. The van der Waals surface area contributed by atoms with Gasteiger partial charge in [-0.2, -0.15) is 5.10 Å². The molecule has 0 amide bonds. The molecule has 0 aliphatic heterocycles. The molecule has 0 aliphatic carbocycles. The van der Waals surface area contributed by atoms with Crippen molar-refractivity contribution in [3.05, 3.63) is 81.1 Å². The lowest BCUT2D eigenvalue weighted by atomic mass is 10.1. The second-order valence-corrected chi connectivity index (χ2v) is 7.86. The van der Waals surface area contributed by atoms with E-state index in [0.717, 1.165) is 22.6 Å². The fourth-order valence-corrected chi connectivity index (χ4v) is 3.83. The summed E-state index contributed by atoms with van der Waals surface area (Å²) in [5, 5.41) is 13.0. The van der Waals surface area contributed by atoms with Crippen molar-refractivity contribution < 1.29 is 0 Å². The van der Waals surface area contributed by atoms with E-state index in [1.807, 2.05) is 54.9 Å². The third-order valence-corrected chi connectivity index (χ3v) is 5.56. The van der Waals surface area contributed by atoms with Gasteiger partial charge in [-0.15, -0.1) is 0 Å². The molecule has 0 aliphatic rings. The summed E-state index contributed by atoms with van der Waals surface area (Å²) in [4.78, 5) is 0. The number of rotatable bonds is 5. The quantitative estimate of drug-likeness (QED) is 0.492. The van der Waals surface area contributed by atoms with Gasteiger partial charge < -0.3 is 10.6 Å². The predicted molar refractivity (Wildman–Crippen MR) is 121 cm³/mol. The van der Waals surface area contributed by atoms with Gasteiger partial charge >= 0.3 is 0 Å². The van der Waals surface area contributed by atoms with Crippen molar-refractivity contribution in [1.29, 1.82) is 0 Å². The molecule has 7 heteroatoms. The molecule has 2 aromatic carbocycles. The third kappa shape index (κ3) is 4.66. The first-order valence-corrected chi connectivity index (χ1v) is 10.1. The SMILES string of the molecule is Cc1nn(Cc2c(Cl)cccc2Cl)c(C)c1NC(=S)NC(C)c1ccccc1. The molecule has 0 fully saturated rings. The van der Waals surface area contributed by atoms with E-state index in [0.29, 0.717) is 21.7 Å². The average Bonchev–Trinajstić information content (AvgIpc) is 2.93. The Kier molecular flexibility index (Phi) is 6.60. The topological polar surface area (TPSA) is 41.9 Å². The van der Waals surface area contributed by atoms with Crippen molar-refractivity contribution in [3.63, 3.8) is 0 Å². The highest BCUT2D eigenvalue weighted by molar-refractivity contribution is 7.80. The molecule has 3 rings (SSSR count). The molecule has 0 saturated carbocycles. The van der Waals surface area contributed by atoms with E-state index >= 15 is 0 Å². The minimum Gasteiger partial charge on any atom is -0.356 e. The Morgan fingerprint density at radius 1 is 1.07 bits per heavy atom. The van der Waals surface area contributed by atoms with Crippen molar-refractivity contribution >= 4 is 46.2 Å². The van der Waals surface area contributed by atoms with Gasteiger partial charge in [0.15, 0.2) is 5.11 Å². The number of halogens is 2. The molecular formula is C21H22Cl2N4S. The number of anilines is 1. The molecule has 1 unspecified atom stereocenters. The highest BCUT2D eigenvalue weighted by Crippen LogP contribution is 2.27. The Morgan fingerprint density at radius 3 is 2.36 bits per heavy atom. The van der Waals surface area contributed by atoms with E-state index in [1.54, 1.807) is 0 Å². The Hall–Kier alpha value is -2.08. The summed E-state index contributed by atoms with van der Waals surface area (Å²) in [5.41, 5.74) is 4.73. The normalized spacial score (nSPS) is 11.9. The van der Waals surface area contributed by atoms with Crippen LogP contribution in [0.4, 0.5) is 5.69 Å². The average molecular weight is 433 g/mol. The first kappa shape index (κ1) is 20.6. The molecule has 0 spiro atoms. The largest absolute Gasteiger partial charge is 0.356 e. The minimum absolute atomic E-state index is 0.0961. The second kappa shape index (κ2) is 8.95. The summed E-state index contributed by atoms with van der Waals surface area (Å²) in [6, 6.07) is 15.8. The van der Waals surface area contributed by atoms with Gasteiger partial charge in [-0.1, -0.05) is 59.6 Å². The van der Waals surface area contributed by atoms with E-state index in [2.05, 4.69) is 34.8 Å². The number of nitrogens with zero attached hydrogens (tertiary/aromatic N) is 2. The van der Waals surface area contributed by atoms with Crippen LogP contribution in [-0.2, 0) is 6.54 Å². The molecule has 1 aromatic heterocycles. The highest BCUT2D eigenvalue weighted by atomic mass is 35.5. The van der Waals surface area contributed by atoms with Crippen LogP contribution in [0.5, 0.6) is 0 Å². The molecule has 2 N–H and O–H groups in total. The molecule has 3 aromatic rings. The maximum Gasteiger partial charge on any atom is 0.171 e. The highest BCUT2D eigenvalue weighted by Gasteiger charge is 2.16. The van der Waals surface area contributed by atoms with Crippen molar-refractivity contribution in [3.8, 4) is 0 Å². The summed E-state index contributed by atoms with van der Waals surface area (Å²) in [6.45, 7) is 6.51. The maximum atomic E-state index is 6.31. The number of thiocarbonyl (C=S) groups is 1. The van der Waals surface area contributed by atoms with Gasteiger partial charge in [-0.25, -0.2) is 0 Å². The number of hydrogen-bond acceptors (Lipinski definition) is 2. The monoisotopic (exact) mass is 432 g/mol. The summed E-state index contributed by atoms with van der Waals surface area (Å²) >= 11 is 18.1. The Balaban J connectivity index is 1.74. The van der Waals surface area contributed by atoms with E-state index in [4.69, 9.17) is 35.4 Å². The van der Waals surface area contributed by atoms with E-state index < -0.39 is 0 Å². The van der Waals surface area contributed by atoms with Crippen LogP contribution in [0.25, 0.3) is 0 Å². The number of benzene rings is 2. The number of hydrogen-bond donors (Lipinski definition) is 2. The van der Waals surface area contributed by atoms with Crippen molar-refractivity contribution in [2.75, 3.05) is 5.32 Å². The summed E-state index contributed by atoms with van der Waals surface area (Å²) in [6.07, 6.45) is 0. The van der Waals surface area contributed by atoms with Crippen LogP contribution in [0.15, 0.2) is 48.5 Å².